The van der Waals surface area contributed by atoms with Crippen LogP contribution in [-0.2, 0) is 15.6 Å². The second-order valence-corrected chi connectivity index (χ2v) is 8.95. The molecule has 3 aromatic rings. The second kappa shape index (κ2) is 6.40. The third-order valence-corrected chi connectivity index (χ3v) is 7.32. The van der Waals surface area contributed by atoms with Gasteiger partial charge in [0.1, 0.15) is 0 Å². The molecule has 130 valence electrons. The van der Waals surface area contributed by atoms with Gasteiger partial charge in [-0.25, -0.2) is 13.1 Å². The van der Waals surface area contributed by atoms with E-state index in [9.17, 15) is 8.42 Å². The lowest BCUT2D eigenvalue weighted by Crippen LogP contribution is -2.43. The molecule has 2 heterocycles. The number of nitrogens with zero attached hydrogens (tertiary/aromatic N) is 2. The van der Waals surface area contributed by atoms with Crippen LogP contribution < -0.4 is 4.72 Å². The molecule has 7 heteroatoms. The van der Waals surface area contributed by atoms with Crippen LogP contribution in [0.25, 0.3) is 5.69 Å². The van der Waals surface area contributed by atoms with Gasteiger partial charge >= 0.3 is 0 Å². The van der Waals surface area contributed by atoms with Crippen LogP contribution in [0.3, 0.4) is 0 Å². The summed E-state index contributed by atoms with van der Waals surface area (Å²) in [6, 6.07) is 12.7. The number of thiophene rings is 1. The first-order chi connectivity index (χ1) is 12.1. The fourth-order valence-corrected chi connectivity index (χ4v) is 5.89. The highest BCUT2D eigenvalue weighted by molar-refractivity contribution is 7.89. The molecule has 0 saturated heterocycles. The number of nitrogens with one attached hydrogen (secondary N) is 1. The van der Waals surface area contributed by atoms with Crippen molar-refractivity contribution in [1.29, 1.82) is 0 Å². The van der Waals surface area contributed by atoms with E-state index in [2.05, 4.69) is 9.82 Å². The topological polar surface area (TPSA) is 64.0 Å². The number of rotatable bonds is 5. The quantitative estimate of drug-likeness (QED) is 0.742. The molecule has 0 bridgehead atoms. The summed E-state index contributed by atoms with van der Waals surface area (Å²) in [5, 5.41) is 6.16. The molecule has 0 spiro atoms. The van der Waals surface area contributed by atoms with Crippen LogP contribution in [0.4, 0.5) is 0 Å². The van der Waals surface area contributed by atoms with Crippen molar-refractivity contribution in [3.8, 4) is 5.69 Å². The highest BCUT2D eigenvalue weighted by atomic mass is 32.2. The summed E-state index contributed by atoms with van der Waals surface area (Å²) < 4.78 is 30.6. The smallest absolute Gasteiger partial charge is 0.241 e. The van der Waals surface area contributed by atoms with Gasteiger partial charge in [-0.3, -0.25) is 0 Å². The van der Waals surface area contributed by atoms with Gasteiger partial charge in [0.2, 0.25) is 10.0 Å². The van der Waals surface area contributed by atoms with Gasteiger partial charge in [0.15, 0.2) is 0 Å². The Morgan fingerprint density at radius 2 is 1.84 bits per heavy atom. The van der Waals surface area contributed by atoms with Crippen LogP contribution in [0.1, 0.15) is 30.6 Å². The van der Waals surface area contributed by atoms with Gasteiger partial charge in [0.05, 0.1) is 16.1 Å². The number of benzene rings is 1. The maximum atomic E-state index is 13.0. The van der Waals surface area contributed by atoms with Crippen molar-refractivity contribution in [3.63, 3.8) is 0 Å². The van der Waals surface area contributed by atoms with Gasteiger partial charge in [0.25, 0.3) is 0 Å². The van der Waals surface area contributed by atoms with Gasteiger partial charge in [-0.15, -0.1) is 11.3 Å². The van der Waals surface area contributed by atoms with E-state index in [1.54, 1.807) is 46.5 Å². The van der Waals surface area contributed by atoms with E-state index >= 15 is 0 Å². The van der Waals surface area contributed by atoms with Gasteiger partial charge in [-0.2, -0.15) is 9.82 Å². The fourth-order valence-electron chi connectivity index (χ4n) is 3.44. The molecule has 1 N–H and O–H groups in total. The summed E-state index contributed by atoms with van der Waals surface area (Å²) in [5.74, 6) is 0. The summed E-state index contributed by atoms with van der Waals surface area (Å²) >= 11 is 1.62. The molecular weight excluding hydrogens is 354 g/mol. The van der Waals surface area contributed by atoms with Crippen LogP contribution in [0.2, 0.25) is 0 Å². The Kier molecular flexibility index (Phi) is 4.23. The first kappa shape index (κ1) is 16.5. The van der Waals surface area contributed by atoms with Crippen molar-refractivity contribution in [3.05, 3.63) is 65.1 Å². The molecule has 0 radical (unpaired) electrons. The zero-order valence-electron chi connectivity index (χ0n) is 13.6. The Bertz CT molecular complexity index is 925. The van der Waals surface area contributed by atoms with E-state index in [-0.39, 0.29) is 4.90 Å². The summed E-state index contributed by atoms with van der Waals surface area (Å²) in [4.78, 5) is 1.38. The minimum absolute atomic E-state index is 0.284. The van der Waals surface area contributed by atoms with Crippen LogP contribution in [0.15, 0.2) is 65.1 Å². The molecule has 1 fully saturated rings. The molecule has 4 rings (SSSR count). The van der Waals surface area contributed by atoms with Crippen molar-refractivity contribution in [1.82, 2.24) is 14.5 Å². The van der Waals surface area contributed by atoms with Crippen molar-refractivity contribution in [2.45, 2.75) is 36.1 Å². The predicted molar refractivity (Wildman–Crippen MR) is 98.4 cm³/mol. The third kappa shape index (κ3) is 3.15. The van der Waals surface area contributed by atoms with E-state index in [0.717, 1.165) is 36.2 Å². The Balaban J connectivity index is 1.63. The molecule has 2 aromatic heterocycles. The molecule has 1 aliphatic carbocycles. The fraction of sp³-hybridized carbons (Fsp3) is 0.278. The van der Waals surface area contributed by atoms with Crippen molar-refractivity contribution < 1.29 is 8.42 Å². The number of hydrogen-bond donors (Lipinski definition) is 1. The lowest BCUT2D eigenvalue weighted by Gasteiger charge is -2.29. The largest absolute Gasteiger partial charge is 0.241 e. The Hall–Kier alpha value is -1.96. The zero-order valence-corrected chi connectivity index (χ0v) is 15.3. The molecule has 0 atom stereocenters. The van der Waals surface area contributed by atoms with E-state index in [1.807, 2.05) is 29.8 Å². The molecule has 1 saturated carbocycles. The highest BCUT2D eigenvalue weighted by Gasteiger charge is 2.40. The lowest BCUT2D eigenvalue weighted by atomic mass is 9.97. The van der Waals surface area contributed by atoms with Crippen LogP contribution in [0.5, 0.6) is 0 Å². The van der Waals surface area contributed by atoms with Gasteiger partial charge in [-0.1, -0.05) is 18.9 Å². The van der Waals surface area contributed by atoms with E-state index in [1.165, 1.54) is 0 Å². The zero-order chi connectivity index (χ0) is 17.3. The monoisotopic (exact) mass is 373 g/mol. The first-order valence-corrected chi connectivity index (χ1v) is 10.6. The number of sulfonamides is 1. The molecule has 5 nitrogen and oxygen atoms in total. The van der Waals surface area contributed by atoms with Crippen molar-refractivity contribution in [2.75, 3.05) is 0 Å². The summed E-state index contributed by atoms with van der Waals surface area (Å²) in [6.07, 6.45) is 7.29. The standard InChI is InChI=1S/C18H19N3O2S2/c22-25(23,16-8-6-15(7-9-16)21-13-4-12-19-21)20-18(10-1-2-11-18)17-5-3-14-24-17/h3-9,12-14,20H,1-2,10-11H2. The predicted octanol–water partition coefficient (Wildman–Crippen LogP) is 3.68. The molecule has 1 aromatic carbocycles. The van der Waals surface area contributed by atoms with E-state index in [4.69, 9.17) is 0 Å². The number of hydrogen-bond acceptors (Lipinski definition) is 4. The summed E-state index contributed by atoms with van der Waals surface area (Å²) in [5.41, 5.74) is 0.367. The minimum Gasteiger partial charge on any atom is -0.241 e. The van der Waals surface area contributed by atoms with Crippen LogP contribution in [-0.4, -0.2) is 18.2 Å². The lowest BCUT2D eigenvalue weighted by molar-refractivity contribution is 0.412. The molecule has 25 heavy (non-hydrogen) atoms. The molecule has 0 unspecified atom stereocenters. The maximum Gasteiger partial charge on any atom is 0.241 e. The maximum absolute atomic E-state index is 13.0. The van der Waals surface area contributed by atoms with Crippen molar-refractivity contribution >= 4 is 21.4 Å². The molecule has 0 aliphatic heterocycles. The molecule has 1 aliphatic rings. The highest BCUT2D eigenvalue weighted by Crippen LogP contribution is 2.41. The number of aromatic nitrogens is 2. The third-order valence-electron chi connectivity index (χ3n) is 4.70. The van der Waals surface area contributed by atoms with E-state index in [0.29, 0.717) is 0 Å². The van der Waals surface area contributed by atoms with E-state index < -0.39 is 15.6 Å². The Labute approximate surface area is 151 Å². The van der Waals surface area contributed by atoms with Gasteiger partial charge < -0.3 is 0 Å². The first-order valence-electron chi connectivity index (χ1n) is 8.27. The molecular formula is C18H19N3O2S2. The second-order valence-electron chi connectivity index (χ2n) is 6.32. The van der Waals surface area contributed by atoms with Crippen LogP contribution >= 0.6 is 11.3 Å². The normalized spacial score (nSPS) is 17.0. The minimum atomic E-state index is -3.59. The SMILES string of the molecule is O=S(=O)(NC1(c2cccs2)CCCC1)c1ccc(-n2cccn2)cc1. The Morgan fingerprint density at radius 1 is 1.08 bits per heavy atom. The van der Waals surface area contributed by atoms with Gasteiger partial charge in [0, 0.05) is 17.3 Å². The Morgan fingerprint density at radius 3 is 2.44 bits per heavy atom. The van der Waals surface area contributed by atoms with Crippen molar-refractivity contribution in [2.24, 2.45) is 0 Å². The van der Waals surface area contributed by atoms with Crippen LogP contribution in [0, 0.1) is 0 Å². The van der Waals surface area contributed by atoms with Gasteiger partial charge in [-0.05, 0) is 54.6 Å². The summed E-state index contributed by atoms with van der Waals surface area (Å²) in [6.45, 7) is 0. The average Bonchev–Trinajstić information content (AvgIpc) is 3.36. The summed E-state index contributed by atoms with van der Waals surface area (Å²) in [7, 11) is -3.59. The average molecular weight is 374 g/mol. The molecule has 0 amide bonds.